The number of carboxylic acids is 1. The topological polar surface area (TPSA) is 118 Å². The van der Waals surface area contributed by atoms with Crippen molar-refractivity contribution in [3.8, 4) is 0 Å². The summed E-state index contributed by atoms with van der Waals surface area (Å²) >= 11 is 0. The van der Waals surface area contributed by atoms with Gasteiger partial charge in [0.05, 0.1) is 11.2 Å². The molecule has 0 radical (unpaired) electrons. The van der Waals surface area contributed by atoms with Crippen molar-refractivity contribution < 1.29 is 57.2 Å². The van der Waals surface area contributed by atoms with Crippen molar-refractivity contribution in [1.29, 1.82) is 0 Å². The standard InChI is InChI=1S/C20H39NO6S.Na/c1-5-9-11-16(7-3)14-21(15-17(8-4)12-10-6-2)19(22)13-18(20(23)24)28(25,26)27;/h16-18H,5-15H2,1-4H3,(H,23,24)(H,25,26,27);/q;+1/p-2. The van der Waals surface area contributed by atoms with Crippen LogP contribution in [0.1, 0.15) is 85.5 Å². The van der Waals surface area contributed by atoms with Crippen LogP contribution in [0.4, 0.5) is 0 Å². The third kappa shape index (κ3) is 13.0. The van der Waals surface area contributed by atoms with Gasteiger partial charge in [-0.05, 0) is 24.7 Å². The third-order valence-electron chi connectivity index (χ3n) is 5.37. The number of amides is 1. The molecule has 3 atom stereocenters. The number of aliphatic carboxylic acids is 1. The summed E-state index contributed by atoms with van der Waals surface area (Å²) in [7, 11) is -5.15. The Morgan fingerprint density at radius 2 is 1.31 bits per heavy atom. The van der Waals surface area contributed by atoms with Crippen LogP contribution in [0.5, 0.6) is 0 Å². The van der Waals surface area contributed by atoms with E-state index in [-0.39, 0.29) is 41.4 Å². The number of rotatable bonds is 16. The van der Waals surface area contributed by atoms with Crippen LogP contribution in [0.25, 0.3) is 0 Å². The Balaban J connectivity index is 0. The molecule has 0 spiro atoms. The normalized spacial score (nSPS) is 14.5. The Morgan fingerprint density at radius 1 is 0.897 bits per heavy atom. The third-order valence-corrected chi connectivity index (χ3v) is 6.42. The number of hydrogen-bond acceptors (Lipinski definition) is 6. The Bertz CT molecular complexity index is 551. The number of nitrogens with zero attached hydrogens (tertiary/aromatic N) is 1. The van der Waals surface area contributed by atoms with Gasteiger partial charge >= 0.3 is 29.6 Å². The molecule has 0 aliphatic carbocycles. The van der Waals surface area contributed by atoms with Crippen LogP contribution in [0.3, 0.4) is 0 Å². The predicted molar refractivity (Wildman–Crippen MR) is 106 cm³/mol. The number of hydrogen-bond donors (Lipinski definition) is 0. The minimum Gasteiger partial charge on any atom is -0.747 e. The van der Waals surface area contributed by atoms with Crippen LogP contribution in [0, 0.1) is 11.8 Å². The monoisotopic (exact) mass is 442 g/mol. The summed E-state index contributed by atoms with van der Waals surface area (Å²) in [6.45, 7) is 9.19. The van der Waals surface area contributed by atoms with E-state index < -0.39 is 33.7 Å². The Hall–Kier alpha value is -0.150. The van der Waals surface area contributed by atoms with Gasteiger partial charge in [-0.25, -0.2) is 8.42 Å². The van der Waals surface area contributed by atoms with Crippen molar-refractivity contribution in [2.75, 3.05) is 13.1 Å². The predicted octanol–water partition coefficient (Wildman–Crippen LogP) is -0.694. The molecule has 0 saturated heterocycles. The maximum Gasteiger partial charge on any atom is 1.00 e. The second-order valence-electron chi connectivity index (χ2n) is 7.64. The van der Waals surface area contributed by atoms with Gasteiger partial charge in [-0.15, -0.1) is 0 Å². The van der Waals surface area contributed by atoms with E-state index in [0.29, 0.717) is 13.1 Å². The van der Waals surface area contributed by atoms with Gasteiger partial charge in [0.15, 0.2) is 0 Å². The second kappa shape index (κ2) is 16.5. The molecule has 0 bridgehead atoms. The molecule has 0 aromatic heterocycles. The van der Waals surface area contributed by atoms with Crippen molar-refractivity contribution in [2.45, 2.75) is 90.7 Å². The van der Waals surface area contributed by atoms with Gasteiger partial charge in [0.2, 0.25) is 5.91 Å². The number of carbonyl (C=O) groups is 2. The van der Waals surface area contributed by atoms with Crippen LogP contribution in [0.2, 0.25) is 0 Å². The zero-order valence-electron chi connectivity index (χ0n) is 18.8. The van der Waals surface area contributed by atoms with Gasteiger partial charge in [-0.2, -0.15) is 0 Å². The van der Waals surface area contributed by atoms with E-state index in [4.69, 9.17) is 0 Å². The second-order valence-corrected chi connectivity index (χ2v) is 9.19. The Labute approximate surface area is 199 Å². The SMILES string of the molecule is CCCCC(CC)CN(CC(CC)CCCC)C(=O)CC(C(=O)[O-])S(=O)(=O)[O-].[Na+]. The number of unbranched alkanes of at least 4 members (excludes halogenated alkanes) is 2. The summed E-state index contributed by atoms with van der Waals surface area (Å²) < 4.78 is 33.7. The number of carboxylic acid groups (broad SMARTS) is 1. The molecule has 0 heterocycles. The van der Waals surface area contributed by atoms with Crippen molar-refractivity contribution in [3.05, 3.63) is 0 Å². The fourth-order valence-corrected chi connectivity index (χ4v) is 3.91. The van der Waals surface area contributed by atoms with E-state index in [1.54, 1.807) is 4.90 Å². The molecule has 0 aromatic carbocycles. The minimum atomic E-state index is -5.15. The molecule has 0 rings (SSSR count). The zero-order valence-corrected chi connectivity index (χ0v) is 21.6. The van der Waals surface area contributed by atoms with Crippen LogP contribution >= 0.6 is 0 Å². The van der Waals surface area contributed by atoms with E-state index >= 15 is 0 Å². The molecule has 0 aliphatic heterocycles. The molecule has 0 saturated carbocycles. The molecule has 29 heavy (non-hydrogen) atoms. The summed E-state index contributed by atoms with van der Waals surface area (Å²) in [6.07, 6.45) is 6.94. The summed E-state index contributed by atoms with van der Waals surface area (Å²) in [6, 6.07) is 0. The summed E-state index contributed by atoms with van der Waals surface area (Å²) in [4.78, 5) is 25.4. The molecule has 3 unspecified atom stereocenters. The van der Waals surface area contributed by atoms with Crippen LogP contribution < -0.4 is 34.7 Å². The minimum absolute atomic E-state index is 0. The van der Waals surface area contributed by atoms with Crippen molar-refractivity contribution >= 4 is 22.0 Å². The fourth-order valence-electron chi connectivity index (χ4n) is 3.33. The van der Waals surface area contributed by atoms with Gasteiger partial charge in [-0.3, -0.25) is 4.79 Å². The maximum atomic E-state index is 12.8. The zero-order chi connectivity index (χ0) is 21.7. The fraction of sp³-hybridized carbons (Fsp3) is 0.900. The number of carbonyl (C=O) groups excluding carboxylic acids is 2. The van der Waals surface area contributed by atoms with Crippen LogP contribution in [-0.2, 0) is 19.7 Å². The summed E-state index contributed by atoms with van der Waals surface area (Å²) in [5.74, 6) is -2.09. The molecule has 166 valence electrons. The molecular formula is C20H37NNaO6S-. The molecule has 1 amide bonds. The van der Waals surface area contributed by atoms with Gasteiger partial charge in [-0.1, -0.05) is 66.2 Å². The van der Waals surface area contributed by atoms with Crippen LogP contribution in [0.15, 0.2) is 0 Å². The van der Waals surface area contributed by atoms with Gasteiger partial charge in [0, 0.05) is 19.5 Å². The first-order valence-corrected chi connectivity index (χ1v) is 12.0. The molecular weight excluding hydrogens is 405 g/mol. The molecule has 9 heteroatoms. The van der Waals surface area contributed by atoms with Gasteiger partial charge in [0.25, 0.3) is 0 Å². The van der Waals surface area contributed by atoms with Crippen molar-refractivity contribution in [1.82, 2.24) is 4.90 Å². The largest absolute Gasteiger partial charge is 1.00 e. The first-order chi connectivity index (χ1) is 13.1. The van der Waals surface area contributed by atoms with Crippen LogP contribution in [-0.4, -0.2) is 48.1 Å². The summed E-state index contributed by atoms with van der Waals surface area (Å²) in [5, 5.41) is 8.74. The average Bonchev–Trinajstić information content (AvgIpc) is 2.63. The molecule has 0 aromatic rings. The first-order valence-electron chi connectivity index (χ1n) is 10.5. The summed E-state index contributed by atoms with van der Waals surface area (Å²) in [5.41, 5.74) is 0. The van der Waals surface area contributed by atoms with Gasteiger partial charge < -0.3 is 19.4 Å². The van der Waals surface area contributed by atoms with Gasteiger partial charge in [0.1, 0.15) is 10.1 Å². The quantitative estimate of drug-likeness (QED) is 0.231. The molecule has 0 N–H and O–H groups in total. The molecule has 7 nitrogen and oxygen atoms in total. The van der Waals surface area contributed by atoms with E-state index in [0.717, 1.165) is 51.4 Å². The maximum absolute atomic E-state index is 12.8. The van der Waals surface area contributed by atoms with Crippen molar-refractivity contribution in [3.63, 3.8) is 0 Å². The molecule has 0 aliphatic rings. The van der Waals surface area contributed by atoms with E-state index in [9.17, 15) is 27.7 Å². The first kappa shape index (κ1) is 31.0. The smallest absolute Gasteiger partial charge is 0.747 e. The van der Waals surface area contributed by atoms with E-state index in [1.807, 2.05) is 13.8 Å². The Kier molecular flexibility index (Phi) is 17.7. The van der Waals surface area contributed by atoms with Crippen molar-refractivity contribution in [2.24, 2.45) is 11.8 Å². The average molecular weight is 443 g/mol. The van der Waals surface area contributed by atoms with E-state index in [2.05, 4.69) is 13.8 Å². The molecule has 0 fully saturated rings. The Morgan fingerprint density at radius 3 is 1.59 bits per heavy atom. The van der Waals surface area contributed by atoms with E-state index in [1.165, 1.54) is 0 Å².